The van der Waals surface area contributed by atoms with Gasteiger partial charge in [-0.15, -0.1) is 5.10 Å². The lowest BCUT2D eigenvalue weighted by Gasteiger charge is -2.13. The van der Waals surface area contributed by atoms with E-state index in [-0.39, 0.29) is 24.5 Å². The number of rotatable bonds is 6. The van der Waals surface area contributed by atoms with E-state index in [2.05, 4.69) is 20.4 Å². The van der Waals surface area contributed by atoms with Gasteiger partial charge in [0.2, 0.25) is 5.91 Å². The highest BCUT2D eigenvalue weighted by atomic mass is 19.4. The fraction of sp³-hybridized carbons (Fsp3) is 0.217. The second-order valence-corrected chi connectivity index (χ2v) is 7.37. The Bertz CT molecular complexity index is 1300. The van der Waals surface area contributed by atoms with Crippen molar-refractivity contribution in [3.8, 4) is 11.5 Å². The molecule has 0 atom stereocenters. The van der Waals surface area contributed by atoms with Crippen LogP contribution in [0.4, 0.5) is 18.9 Å². The van der Waals surface area contributed by atoms with Crippen LogP contribution >= 0.6 is 0 Å². The van der Waals surface area contributed by atoms with Crippen LogP contribution in [0.15, 0.2) is 54.6 Å². The number of nitrogens with one attached hydrogen (secondary N) is 1. The van der Waals surface area contributed by atoms with E-state index in [0.717, 1.165) is 4.52 Å². The average molecular weight is 455 g/mol. The van der Waals surface area contributed by atoms with Gasteiger partial charge in [-0.2, -0.15) is 18.2 Å². The van der Waals surface area contributed by atoms with Crippen molar-refractivity contribution in [3.63, 3.8) is 0 Å². The number of hydrogen-bond donors (Lipinski definition) is 1. The summed E-state index contributed by atoms with van der Waals surface area (Å²) in [6.07, 6.45) is -4.30. The fourth-order valence-electron chi connectivity index (χ4n) is 3.42. The van der Waals surface area contributed by atoms with Crippen LogP contribution in [-0.4, -0.2) is 25.5 Å². The predicted molar refractivity (Wildman–Crippen MR) is 115 cm³/mol. The third kappa shape index (κ3) is 4.94. The number of amides is 1. The second kappa shape index (κ2) is 8.89. The van der Waals surface area contributed by atoms with Crippen LogP contribution in [0.1, 0.15) is 29.2 Å². The van der Waals surface area contributed by atoms with Gasteiger partial charge < -0.3 is 10.1 Å². The second-order valence-electron chi connectivity index (χ2n) is 7.37. The largest absolute Gasteiger partial charge is 0.455 e. The summed E-state index contributed by atoms with van der Waals surface area (Å²) in [5.74, 6) is -0.516. The molecule has 2 aromatic carbocycles. The summed E-state index contributed by atoms with van der Waals surface area (Å²) in [4.78, 5) is 20.2. The van der Waals surface area contributed by atoms with Gasteiger partial charge in [0.1, 0.15) is 5.75 Å². The number of hydrogen-bond acceptors (Lipinski definition) is 5. The number of halogens is 3. The minimum atomic E-state index is -4.66. The molecule has 0 unspecified atom stereocenters. The van der Waals surface area contributed by atoms with E-state index in [4.69, 9.17) is 4.74 Å². The van der Waals surface area contributed by atoms with Gasteiger partial charge in [-0.3, -0.25) is 4.79 Å². The van der Waals surface area contributed by atoms with Crippen LogP contribution in [0.3, 0.4) is 0 Å². The molecule has 7 nitrogen and oxygen atoms in total. The molecule has 0 aliphatic carbocycles. The lowest BCUT2D eigenvalue weighted by Crippen LogP contribution is -2.15. The zero-order valence-corrected chi connectivity index (χ0v) is 17.8. The number of aromatic nitrogens is 4. The maximum absolute atomic E-state index is 13.0. The molecule has 0 radical (unpaired) electrons. The molecular formula is C23H20F3N5O2. The van der Waals surface area contributed by atoms with E-state index in [1.54, 1.807) is 38.1 Å². The summed E-state index contributed by atoms with van der Waals surface area (Å²) in [5, 5.41) is 6.37. The molecule has 1 amide bonds. The summed E-state index contributed by atoms with van der Waals surface area (Å²) >= 11 is 0. The minimum Gasteiger partial charge on any atom is -0.455 e. The van der Waals surface area contributed by atoms with Gasteiger partial charge in [-0.1, -0.05) is 30.3 Å². The number of fused-ring (bicyclic) bond motifs is 1. The Labute approximate surface area is 187 Å². The number of alkyl halides is 3. The van der Waals surface area contributed by atoms with Crippen molar-refractivity contribution in [2.75, 3.05) is 5.32 Å². The number of ether oxygens (including phenoxy) is 1. The molecule has 0 saturated heterocycles. The summed E-state index contributed by atoms with van der Waals surface area (Å²) in [5.41, 5.74) is 2.12. The first-order valence-corrected chi connectivity index (χ1v) is 10.1. The molecule has 0 saturated carbocycles. The van der Waals surface area contributed by atoms with Gasteiger partial charge in [0.05, 0.1) is 5.69 Å². The zero-order chi connectivity index (χ0) is 23.6. The monoisotopic (exact) mass is 455 g/mol. The highest BCUT2D eigenvalue weighted by molar-refractivity contribution is 5.92. The molecule has 2 aromatic heterocycles. The molecule has 0 fully saturated rings. The van der Waals surface area contributed by atoms with Gasteiger partial charge in [0.25, 0.3) is 11.6 Å². The number of anilines is 1. The van der Waals surface area contributed by atoms with Crippen LogP contribution in [0, 0.1) is 13.8 Å². The van der Waals surface area contributed by atoms with Gasteiger partial charge in [0.15, 0.2) is 5.75 Å². The van der Waals surface area contributed by atoms with Crippen molar-refractivity contribution in [1.29, 1.82) is 0 Å². The normalized spacial score (nSPS) is 11.5. The Hall–Kier alpha value is -3.95. The Balaban J connectivity index is 1.49. The zero-order valence-electron chi connectivity index (χ0n) is 17.8. The minimum absolute atomic E-state index is 0.0926. The molecule has 4 aromatic rings. The smallest absolute Gasteiger partial charge is 0.453 e. The Kier molecular flexibility index (Phi) is 5.99. The fourth-order valence-corrected chi connectivity index (χ4v) is 3.42. The van der Waals surface area contributed by atoms with Gasteiger partial charge in [0, 0.05) is 17.8 Å². The van der Waals surface area contributed by atoms with Crippen LogP contribution in [-0.2, 0) is 17.4 Å². The number of para-hydroxylation sites is 3. The van der Waals surface area contributed by atoms with E-state index >= 15 is 0 Å². The summed E-state index contributed by atoms with van der Waals surface area (Å²) in [6.45, 7) is 3.30. The van der Waals surface area contributed by atoms with E-state index in [0.29, 0.717) is 34.1 Å². The molecule has 0 spiro atoms. The van der Waals surface area contributed by atoms with E-state index in [9.17, 15) is 18.0 Å². The van der Waals surface area contributed by atoms with E-state index in [1.165, 1.54) is 0 Å². The SMILES string of the molecule is Cc1nc2nc(C(F)(F)F)nn2c(C)c1CCC(=O)Nc1ccccc1Oc1ccccc1. The first-order valence-electron chi connectivity index (χ1n) is 10.1. The molecule has 0 aliphatic rings. The number of carbonyl (C=O) groups excluding carboxylic acids is 1. The quantitative estimate of drug-likeness (QED) is 0.436. The number of nitrogens with zero attached hydrogens (tertiary/aromatic N) is 4. The Morgan fingerprint density at radius 2 is 1.73 bits per heavy atom. The average Bonchev–Trinajstić information content (AvgIpc) is 3.20. The predicted octanol–water partition coefficient (Wildman–Crippen LogP) is 5.12. The number of benzene rings is 2. The standard InChI is InChI=1S/C23H20F3N5O2/c1-14-17(15(2)31-22(27-14)29-21(30-31)23(24,25)26)12-13-20(32)28-18-10-6-7-11-19(18)33-16-8-4-3-5-9-16/h3-11H,12-13H2,1-2H3,(H,28,32). The van der Waals surface area contributed by atoms with E-state index < -0.39 is 12.0 Å². The molecule has 2 heterocycles. The lowest BCUT2D eigenvalue weighted by atomic mass is 10.1. The third-order valence-electron chi connectivity index (χ3n) is 5.04. The lowest BCUT2D eigenvalue weighted by molar-refractivity contribution is -0.144. The van der Waals surface area contributed by atoms with Gasteiger partial charge >= 0.3 is 6.18 Å². The summed E-state index contributed by atoms with van der Waals surface area (Å²) in [7, 11) is 0. The summed E-state index contributed by atoms with van der Waals surface area (Å²) in [6, 6.07) is 16.2. The number of carbonyl (C=O) groups is 1. The number of aryl methyl sites for hydroxylation is 2. The molecule has 4 rings (SSSR count). The summed E-state index contributed by atoms with van der Waals surface area (Å²) < 4.78 is 45.8. The van der Waals surface area contributed by atoms with Crippen molar-refractivity contribution < 1.29 is 22.7 Å². The van der Waals surface area contributed by atoms with Crippen molar-refractivity contribution in [2.24, 2.45) is 0 Å². The molecular weight excluding hydrogens is 435 g/mol. The van der Waals surface area contributed by atoms with Crippen LogP contribution in [0.2, 0.25) is 0 Å². The van der Waals surface area contributed by atoms with Crippen molar-refractivity contribution in [1.82, 2.24) is 19.6 Å². The molecule has 0 aliphatic heterocycles. The molecule has 10 heteroatoms. The van der Waals surface area contributed by atoms with Gasteiger partial charge in [-0.05, 0) is 50.1 Å². The molecule has 0 bridgehead atoms. The highest BCUT2D eigenvalue weighted by Gasteiger charge is 2.37. The van der Waals surface area contributed by atoms with Gasteiger partial charge in [-0.25, -0.2) is 9.50 Å². The van der Waals surface area contributed by atoms with Crippen molar-refractivity contribution in [2.45, 2.75) is 32.9 Å². The maximum Gasteiger partial charge on any atom is 0.453 e. The van der Waals surface area contributed by atoms with E-state index in [1.807, 2.05) is 30.3 Å². The maximum atomic E-state index is 13.0. The van der Waals surface area contributed by atoms with Crippen LogP contribution in [0.25, 0.3) is 5.78 Å². The highest BCUT2D eigenvalue weighted by Crippen LogP contribution is 2.30. The van der Waals surface area contributed by atoms with Crippen molar-refractivity contribution >= 4 is 17.4 Å². The Morgan fingerprint density at radius 3 is 2.45 bits per heavy atom. The Morgan fingerprint density at radius 1 is 1.03 bits per heavy atom. The molecule has 1 N–H and O–H groups in total. The first-order chi connectivity index (χ1) is 15.7. The third-order valence-corrected chi connectivity index (χ3v) is 5.04. The van der Waals surface area contributed by atoms with Crippen LogP contribution in [0.5, 0.6) is 11.5 Å². The molecule has 33 heavy (non-hydrogen) atoms. The first kappa shape index (κ1) is 22.3. The topological polar surface area (TPSA) is 81.4 Å². The van der Waals surface area contributed by atoms with Crippen molar-refractivity contribution in [3.05, 3.63) is 77.4 Å². The van der Waals surface area contributed by atoms with Crippen LogP contribution < -0.4 is 10.1 Å². The molecule has 170 valence electrons.